The van der Waals surface area contributed by atoms with Crippen molar-refractivity contribution in [3.8, 4) is 0 Å². The van der Waals surface area contributed by atoms with E-state index >= 15 is 0 Å². The molecule has 0 saturated carbocycles. The highest BCUT2D eigenvalue weighted by atomic mass is 16.2. The fourth-order valence-corrected chi connectivity index (χ4v) is 3.47. The van der Waals surface area contributed by atoms with Gasteiger partial charge in [0, 0.05) is 19.0 Å². The zero-order valence-electron chi connectivity index (χ0n) is 14.8. The fourth-order valence-electron chi connectivity index (χ4n) is 3.47. The average Bonchev–Trinajstić information content (AvgIpc) is 3.24. The highest BCUT2D eigenvalue weighted by Crippen LogP contribution is 2.23. The molecule has 1 aliphatic rings. The van der Waals surface area contributed by atoms with Gasteiger partial charge in [0.15, 0.2) is 5.82 Å². The molecule has 0 fully saturated rings. The van der Waals surface area contributed by atoms with Crippen LogP contribution in [-0.4, -0.2) is 41.7 Å². The second-order valence-corrected chi connectivity index (χ2v) is 6.86. The van der Waals surface area contributed by atoms with Gasteiger partial charge >= 0.3 is 0 Å². The van der Waals surface area contributed by atoms with Gasteiger partial charge in [0.2, 0.25) is 5.91 Å². The molecule has 0 spiro atoms. The van der Waals surface area contributed by atoms with Crippen LogP contribution in [0, 0.1) is 0 Å². The van der Waals surface area contributed by atoms with Gasteiger partial charge in [-0.3, -0.25) is 4.79 Å². The summed E-state index contributed by atoms with van der Waals surface area (Å²) in [5, 5.41) is 8.57. The van der Waals surface area contributed by atoms with E-state index in [-0.39, 0.29) is 11.9 Å². The van der Waals surface area contributed by atoms with Crippen LogP contribution >= 0.6 is 0 Å². The number of nitrogens with zero attached hydrogens (tertiary/aromatic N) is 6. The zero-order chi connectivity index (χ0) is 17.6. The van der Waals surface area contributed by atoms with Gasteiger partial charge < -0.3 is 14.0 Å². The number of fused-ring (bicyclic) bond motifs is 2. The quantitative estimate of drug-likeness (QED) is 0.735. The van der Waals surface area contributed by atoms with Gasteiger partial charge in [-0.05, 0) is 19.1 Å². The molecule has 25 heavy (non-hydrogen) atoms. The molecule has 1 atom stereocenters. The lowest BCUT2D eigenvalue weighted by atomic mass is 10.2. The summed E-state index contributed by atoms with van der Waals surface area (Å²) in [6.07, 6.45) is 1.75. The molecule has 3 aromatic rings. The number of carbonyl (C=O) groups is 1. The summed E-state index contributed by atoms with van der Waals surface area (Å²) in [7, 11) is 0. The van der Waals surface area contributed by atoms with Crippen molar-refractivity contribution in [2.75, 3.05) is 6.54 Å². The van der Waals surface area contributed by atoms with Crippen LogP contribution in [-0.2, 0) is 17.9 Å². The lowest BCUT2D eigenvalue weighted by Crippen LogP contribution is -2.41. The maximum atomic E-state index is 13.0. The molecule has 0 bridgehead atoms. The molecule has 3 heterocycles. The molecule has 1 aliphatic heterocycles. The molecule has 7 heteroatoms. The second kappa shape index (κ2) is 5.98. The first-order valence-corrected chi connectivity index (χ1v) is 8.68. The molecular formula is C18H22N6O. The Hall–Kier alpha value is -2.70. The molecule has 7 nitrogen and oxygen atoms in total. The third-order valence-electron chi connectivity index (χ3n) is 4.87. The van der Waals surface area contributed by atoms with Gasteiger partial charge in [-0.15, -0.1) is 10.2 Å². The van der Waals surface area contributed by atoms with Crippen LogP contribution in [0.2, 0.25) is 0 Å². The number of imidazole rings is 1. The molecule has 130 valence electrons. The lowest BCUT2D eigenvalue weighted by Gasteiger charge is -2.30. The first-order chi connectivity index (χ1) is 12.1. The van der Waals surface area contributed by atoms with Crippen LogP contribution in [0.5, 0.6) is 0 Å². The maximum absolute atomic E-state index is 13.0. The predicted molar refractivity (Wildman–Crippen MR) is 94.0 cm³/mol. The topological polar surface area (TPSA) is 68.8 Å². The molecular weight excluding hydrogens is 316 g/mol. The zero-order valence-corrected chi connectivity index (χ0v) is 14.8. The lowest BCUT2D eigenvalue weighted by molar-refractivity contribution is -0.135. The van der Waals surface area contributed by atoms with E-state index in [1.54, 1.807) is 6.33 Å². The third kappa shape index (κ3) is 2.59. The number of rotatable bonds is 3. The van der Waals surface area contributed by atoms with Gasteiger partial charge in [-0.2, -0.15) is 0 Å². The Morgan fingerprint density at radius 3 is 2.72 bits per heavy atom. The third-order valence-corrected chi connectivity index (χ3v) is 4.87. The van der Waals surface area contributed by atoms with E-state index in [4.69, 9.17) is 0 Å². The predicted octanol–water partition coefficient (Wildman–Crippen LogP) is 2.35. The van der Waals surface area contributed by atoms with E-state index in [0.717, 1.165) is 29.2 Å². The van der Waals surface area contributed by atoms with Crippen molar-refractivity contribution in [3.05, 3.63) is 42.2 Å². The van der Waals surface area contributed by atoms with Crippen LogP contribution in [0.4, 0.5) is 0 Å². The average molecular weight is 338 g/mol. The molecule has 0 aliphatic carbocycles. The van der Waals surface area contributed by atoms with Crippen molar-refractivity contribution >= 4 is 16.9 Å². The Labute approximate surface area is 146 Å². The Balaban J connectivity index is 1.57. The number of amides is 1. The molecule has 4 rings (SSSR count). The molecule has 0 unspecified atom stereocenters. The summed E-state index contributed by atoms with van der Waals surface area (Å²) in [4.78, 5) is 19.3. The van der Waals surface area contributed by atoms with Crippen molar-refractivity contribution in [1.82, 2.24) is 29.2 Å². The number of carbonyl (C=O) groups excluding carboxylic acids is 1. The molecule has 2 aromatic heterocycles. The van der Waals surface area contributed by atoms with Crippen molar-refractivity contribution in [2.24, 2.45) is 0 Å². The van der Waals surface area contributed by atoms with Crippen LogP contribution in [0.1, 0.15) is 44.4 Å². The number of hydrogen-bond acceptors (Lipinski definition) is 4. The van der Waals surface area contributed by atoms with Crippen LogP contribution in [0.25, 0.3) is 11.0 Å². The fraction of sp³-hybridized carbons (Fsp3) is 0.444. The Morgan fingerprint density at radius 2 is 1.92 bits per heavy atom. The van der Waals surface area contributed by atoms with Crippen molar-refractivity contribution in [1.29, 1.82) is 0 Å². The summed E-state index contributed by atoms with van der Waals surface area (Å²) >= 11 is 0. The van der Waals surface area contributed by atoms with Crippen LogP contribution in [0.15, 0.2) is 30.6 Å². The maximum Gasteiger partial charge on any atom is 0.245 e. The number of hydrogen-bond donors (Lipinski definition) is 0. The van der Waals surface area contributed by atoms with E-state index in [1.807, 2.05) is 40.7 Å². The van der Waals surface area contributed by atoms with Gasteiger partial charge in [0.1, 0.15) is 11.9 Å². The number of benzene rings is 1. The highest BCUT2D eigenvalue weighted by molar-refractivity contribution is 5.83. The van der Waals surface area contributed by atoms with Gasteiger partial charge in [0.25, 0.3) is 0 Å². The standard InChI is InChI=1S/C18H22N6O/c1-12(2)17-21-20-16-10-22(8-9-23(16)17)18(25)13(3)24-11-19-14-6-4-5-7-15(14)24/h4-7,11-13H,8-10H2,1-3H3/t13-/m0/s1. The Bertz CT molecular complexity index is 925. The summed E-state index contributed by atoms with van der Waals surface area (Å²) in [6.45, 7) is 8.09. The summed E-state index contributed by atoms with van der Waals surface area (Å²) in [5.74, 6) is 2.28. The normalized spacial score (nSPS) is 15.6. The van der Waals surface area contributed by atoms with Gasteiger partial charge in [-0.25, -0.2) is 4.98 Å². The molecule has 1 amide bonds. The van der Waals surface area contributed by atoms with Crippen molar-refractivity contribution in [3.63, 3.8) is 0 Å². The monoisotopic (exact) mass is 338 g/mol. The van der Waals surface area contributed by atoms with Crippen LogP contribution in [0.3, 0.4) is 0 Å². The minimum absolute atomic E-state index is 0.0866. The van der Waals surface area contributed by atoms with Crippen LogP contribution < -0.4 is 0 Å². The van der Waals surface area contributed by atoms with E-state index in [9.17, 15) is 4.79 Å². The first-order valence-electron chi connectivity index (χ1n) is 8.68. The summed E-state index contributed by atoms with van der Waals surface area (Å²) in [6, 6.07) is 7.57. The highest BCUT2D eigenvalue weighted by Gasteiger charge is 2.29. The van der Waals surface area contributed by atoms with E-state index < -0.39 is 0 Å². The van der Waals surface area contributed by atoms with Gasteiger partial charge in [0.05, 0.1) is 23.9 Å². The summed E-state index contributed by atoms with van der Waals surface area (Å²) in [5.41, 5.74) is 1.88. The van der Waals surface area contributed by atoms with E-state index in [0.29, 0.717) is 19.0 Å². The Kier molecular flexibility index (Phi) is 3.78. The van der Waals surface area contributed by atoms with E-state index in [2.05, 4.69) is 33.6 Å². The minimum Gasteiger partial charge on any atom is -0.332 e. The SMILES string of the molecule is CC(C)c1nnc2n1CCN(C(=O)[C@H](C)n1cnc3ccccc31)C2. The number of aromatic nitrogens is 5. The van der Waals surface area contributed by atoms with Crippen molar-refractivity contribution < 1.29 is 4.79 Å². The molecule has 0 N–H and O–H groups in total. The largest absolute Gasteiger partial charge is 0.332 e. The number of para-hydroxylation sites is 2. The minimum atomic E-state index is -0.300. The molecule has 0 saturated heterocycles. The van der Waals surface area contributed by atoms with Crippen molar-refractivity contribution in [2.45, 2.75) is 45.8 Å². The first kappa shape index (κ1) is 15.8. The second-order valence-electron chi connectivity index (χ2n) is 6.86. The molecule has 1 aromatic carbocycles. The van der Waals surface area contributed by atoms with E-state index in [1.165, 1.54) is 0 Å². The Morgan fingerprint density at radius 1 is 1.12 bits per heavy atom. The van der Waals surface area contributed by atoms with Gasteiger partial charge in [-0.1, -0.05) is 26.0 Å². The summed E-state index contributed by atoms with van der Waals surface area (Å²) < 4.78 is 4.09. The molecule has 0 radical (unpaired) electrons. The smallest absolute Gasteiger partial charge is 0.245 e.